The van der Waals surface area contributed by atoms with Crippen LogP contribution in [0.2, 0.25) is 0 Å². The van der Waals surface area contributed by atoms with E-state index >= 15 is 0 Å². The van der Waals surface area contributed by atoms with Gasteiger partial charge in [-0.2, -0.15) is 4.68 Å². The summed E-state index contributed by atoms with van der Waals surface area (Å²) in [4.78, 5) is 25.7. The Morgan fingerprint density at radius 1 is 1.07 bits per heavy atom. The molecule has 29 heavy (non-hydrogen) atoms. The van der Waals surface area contributed by atoms with Crippen LogP contribution in [0.4, 0.5) is 0 Å². The molecular weight excluding hydrogens is 368 g/mol. The van der Waals surface area contributed by atoms with E-state index in [0.29, 0.717) is 23.2 Å². The van der Waals surface area contributed by atoms with E-state index in [1.807, 2.05) is 51.1 Å². The van der Waals surface area contributed by atoms with E-state index in [4.69, 9.17) is 4.74 Å². The van der Waals surface area contributed by atoms with E-state index in [9.17, 15) is 9.59 Å². The Morgan fingerprint density at radius 3 is 2.31 bits per heavy atom. The van der Waals surface area contributed by atoms with Crippen LogP contribution < -0.4 is 15.7 Å². The minimum absolute atomic E-state index is 0.00927. The molecule has 1 heterocycles. The lowest BCUT2D eigenvalue weighted by Crippen LogP contribution is -2.40. The van der Waals surface area contributed by atoms with Crippen molar-refractivity contribution in [1.29, 1.82) is 0 Å². The predicted octanol–water partition coefficient (Wildman–Crippen LogP) is 2.87. The van der Waals surface area contributed by atoms with E-state index < -0.39 is 0 Å². The Balaban J connectivity index is 2.02. The van der Waals surface area contributed by atoms with Crippen molar-refractivity contribution in [3.8, 4) is 22.8 Å². The van der Waals surface area contributed by atoms with Gasteiger partial charge in [0.1, 0.15) is 12.3 Å². The van der Waals surface area contributed by atoms with Gasteiger partial charge in [-0.3, -0.25) is 9.36 Å². The average molecular weight is 394 g/mol. The Bertz CT molecular complexity index is 1020. The first kappa shape index (κ1) is 20.4. The highest BCUT2D eigenvalue weighted by molar-refractivity contribution is 5.76. The van der Waals surface area contributed by atoms with Gasteiger partial charge in [-0.05, 0) is 37.1 Å². The van der Waals surface area contributed by atoms with Gasteiger partial charge in [0.15, 0.2) is 5.82 Å². The van der Waals surface area contributed by atoms with Gasteiger partial charge in [0.25, 0.3) is 0 Å². The van der Waals surface area contributed by atoms with Gasteiger partial charge in [0.05, 0.1) is 12.8 Å². The number of ether oxygens (including phenoxy) is 1. The molecule has 0 saturated heterocycles. The van der Waals surface area contributed by atoms with Crippen LogP contribution in [0.3, 0.4) is 0 Å². The number of nitrogens with zero attached hydrogens (tertiary/aromatic N) is 3. The summed E-state index contributed by atoms with van der Waals surface area (Å²) in [6.45, 7) is 5.92. The normalized spacial score (nSPS) is 12.0. The first-order valence-corrected chi connectivity index (χ1v) is 9.59. The van der Waals surface area contributed by atoms with Crippen LogP contribution in [0.1, 0.15) is 20.8 Å². The number of methoxy groups -OCH3 is 1. The third-order valence-electron chi connectivity index (χ3n) is 4.90. The third kappa shape index (κ3) is 4.56. The second-order valence-electron chi connectivity index (χ2n) is 7.27. The fourth-order valence-corrected chi connectivity index (χ4v) is 2.84. The molecule has 7 nitrogen and oxygen atoms in total. The summed E-state index contributed by atoms with van der Waals surface area (Å²) in [6.07, 6.45) is 0. The first-order chi connectivity index (χ1) is 13.9. The lowest BCUT2D eigenvalue weighted by atomic mass is 10.1. The van der Waals surface area contributed by atoms with Gasteiger partial charge in [0, 0.05) is 11.6 Å². The predicted molar refractivity (Wildman–Crippen MR) is 112 cm³/mol. The topological polar surface area (TPSA) is 78.2 Å². The van der Waals surface area contributed by atoms with E-state index in [2.05, 4.69) is 10.4 Å². The molecule has 3 rings (SSSR count). The number of rotatable bonds is 7. The van der Waals surface area contributed by atoms with Crippen LogP contribution in [0.15, 0.2) is 59.4 Å². The highest BCUT2D eigenvalue weighted by atomic mass is 16.5. The van der Waals surface area contributed by atoms with Gasteiger partial charge in [-0.1, -0.05) is 44.2 Å². The highest BCUT2D eigenvalue weighted by Gasteiger charge is 2.20. The number of hydrogen-bond acceptors (Lipinski definition) is 4. The SMILES string of the molecule is COc1ccc(-n2nc(-c3ccccc3)n(CC(=O)NC(C)C(C)C)c2=O)cc1. The van der Waals surface area contributed by atoms with Crippen molar-refractivity contribution in [2.75, 3.05) is 7.11 Å². The number of carbonyl (C=O) groups is 1. The molecule has 0 aliphatic heterocycles. The van der Waals surface area contributed by atoms with Crippen LogP contribution in [0.5, 0.6) is 5.75 Å². The van der Waals surface area contributed by atoms with E-state index in [1.165, 1.54) is 9.25 Å². The molecule has 0 fully saturated rings. The van der Waals surface area contributed by atoms with Crippen molar-refractivity contribution < 1.29 is 9.53 Å². The van der Waals surface area contributed by atoms with Gasteiger partial charge in [0.2, 0.25) is 5.91 Å². The minimum atomic E-state index is -0.374. The maximum Gasteiger partial charge on any atom is 0.351 e. The van der Waals surface area contributed by atoms with Gasteiger partial charge in [-0.25, -0.2) is 4.79 Å². The van der Waals surface area contributed by atoms with Crippen molar-refractivity contribution in [3.63, 3.8) is 0 Å². The Hall–Kier alpha value is -3.35. The lowest BCUT2D eigenvalue weighted by Gasteiger charge is -2.17. The zero-order valence-electron chi connectivity index (χ0n) is 17.1. The molecule has 0 aliphatic rings. The van der Waals surface area contributed by atoms with Crippen molar-refractivity contribution in [1.82, 2.24) is 19.7 Å². The van der Waals surface area contributed by atoms with Crippen molar-refractivity contribution in [3.05, 3.63) is 65.1 Å². The molecule has 2 aromatic carbocycles. The van der Waals surface area contributed by atoms with Crippen molar-refractivity contribution in [2.45, 2.75) is 33.4 Å². The van der Waals surface area contributed by atoms with E-state index in [0.717, 1.165) is 5.56 Å². The molecule has 1 amide bonds. The molecule has 0 spiro atoms. The number of nitrogens with one attached hydrogen (secondary N) is 1. The van der Waals surface area contributed by atoms with Crippen LogP contribution in [-0.2, 0) is 11.3 Å². The Morgan fingerprint density at radius 2 is 1.72 bits per heavy atom. The summed E-state index contributed by atoms with van der Waals surface area (Å²) < 4.78 is 7.89. The number of aromatic nitrogens is 3. The van der Waals surface area contributed by atoms with Crippen molar-refractivity contribution >= 4 is 5.91 Å². The number of amides is 1. The Kier molecular flexibility index (Phi) is 6.16. The lowest BCUT2D eigenvalue weighted by molar-refractivity contribution is -0.122. The summed E-state index contributed by atoms with van der Waals surface area (Å²) in [5, 5.41) is 7.46. The van der Waals surface area contributed by atoms with Crippen LogP contribution in [0, 0.1) is 5.92 Å². The molecule has 0 radical (unpaired) electrons. The number of hydrogen-bond donors (Lipinski definition) is 1. The van der Waals surface area contributed by atoms with E-state index in [1.54, 1.807) is 31.4 Å². The number of carbonyl (C=O) groups excluding carboxylic acids is 1. The first-order valence-electron chi connectivity index (χ1n) is 9.59. The summed E-state index contributed by atoms with van der Waals surface area (Å²) in [6, 6.07) is 16.4. The molecule has 0 bridgehead atoms. The second-order valence-corrected chi connectivity index (χ2v) is 7.27. The maximum atomic E-state index is 13.1. The van der Waals surface area contributed by atoms with Gasteiger partial charge < -0.3 is 10.1 Å². The molecule has 1 N–H and O–H groups in total. The molecule has 0 saturated carbocycles. The smallest absolute Gasteiger partial charge is 0.351 e. The maximum absolute atomic E-state index is 13.1. The molecule has 0 aliphatic carbocycles. The minimum Gasteiger partial charge on any atom is -0.497 e. The third-order valence-corrected chi connectivity index (χ3v) is 4.90. The summed E-state index contributed by atoms with van der Waals surface area (Å²) in [5.41, 5.74) is 0.991. The molecule has 3 aromatic rings. The zero-order chi connectivity index (χ0) is 21.0. The van der Waals surface area contributed by atoms with Gasteiger partial charge in [-0.15, -0.1) is 5.10 Å². The second kappa shape index (κ2) is 8.77. The van der Waals surface area contributed by atoms with Crippen LogP contribution in [-0.4, -0.2) is 33.4 Å². The Labute approximate surface area is 169 Å². The van der Waals surface area contributed by atoms with Crippen LogP contribution in [0.25, 0.3) is 17.1 Å². The number of benzene rings is 2. The fraction of sp³-hybridized carbons (Fsp3) is 0.318. The van der Waals surface area contributed by atoms with E-state index in [-0.39, 0.29) is 24.2 Å². The zero-order valence-corrected chi connectivity index (χ0v) is 17.1. The quantitative estimate of drug-likeness (QED) is 0.668. The fourth-order valence-electron chi connectivity index (χ4n) is 2.84. The summed E-state index contributed by atoms with van der Waals surface area (Å²) >= 11 is 0. The molecule has 1 atom stereocenters. The molecule has 152 valence electrons. The highest BCUT2D eigenvalue weighted by Crippen LogP contribution is 2.18. The average Bonchev–Trinajstić information content (AvgIpc) is 3.04. The molecule has 7 heteroatoms. The van der Waals surface area contributed by atoms with Crippen LogP contribution >= 0.6 is 0 Å². The largest absolute Gasteiger partial charge is 0.497 e. The monoisotopic (exact) mass is 394 g/mol. The molecule has 1 aromatic heterocycles. The van der Waals surface area contributed by atoms with Gasteiger partial charge >= 0.3 is 5.69 Å². The van der Waals surface area contributed by atoms with Crippen molar-refractivity contribution in [2.24, 2.45) is 5.92 Å². The standard InChI is InChI=1S/C22H26N4O3/c1-15(2)16(3)23-20(27)14-25-21(17-8-6-5-7-9-17)24-26(22(25)28)18-10-12-19(29-4)13-11-18/h5-13,15-16H,14H2,1-4H3,(H,23,27). The summed E-state index contributed by atoms with van der Waals surface area (Å²) in [5.74, 6) is 1.20. The molecular formula is C22H26N4O3. The molecule has 1 unspecified atom stereocenters. The summed E-state index contributed by atoms with van der Waals surface area (Å²) in [7, 11) is 1.58.